The molecule has 7 heteroatoms. The molecule has 0 aliphatic carbocycles. The van der Waals surface area contributed by atoms with Crippen molar-refractivity contribution in [2.45, 2.75) is 19.9 Å². The number of hydrogen-bond acceptors (Lipinski definition) is 4. The van der Waals surface area contributed by atoms with Gasteiger partial charge in [-0.25, -0.2) is 0 Å². The van der Waals surface area contributed by atoms with Crippen LogP contribution < -0.4 is 4.90 Å². The Kier molecular flexibility index (Phi) is 6.54. The summed E-state index contributed by atoms with van der Waals surface area (Å²) in [5.74, 6) is -1.35. The topological polar surface area (TPSA) is 62.0 Å². The lowest BCUT2D eigenvalue weighted by atomic mass is 10.00. The lowest BCUT2D eigenvalue weighted by Gasteiger charge is -2.25. The van der Waals surface area contributed by atoms with Crippen molar-refractivity contribution in [3.63, 3.8) is 0 Å². The van der Waals surface area contributed by atoms with Crippen LogP contribution in [0.5, 0.6) is 0 Å². The van der Waals surface area contributed by atoms with Crippen LogP contribution in [0.3, 0.4) is 0 Å². The van der Waals surface area contributed by atoms with Gasteiger partial charge in [-0.3, -0.25) is 9.59 Å². The monoisotopic (exact) mass is 419 g/mol. The highest BCUT2D eigenvalue weighted by Crippen LogP contribution is 2.40. The van der Waals surface area contributed by atoms with E-state index in [1.165, 1.54) is 16.2 Å². The summed E-state index contributed by atoms with van der Waals surface area (Å²) < 4.78 is 0. The molecule has 0 saturated carbocycles. The second-order valence-corrected chi connectivity index (χ2v) is 8.14. The van der Waals surface area contributed by atoms with Gasteiger partial charge in [-0.1, -0.05) is 17.7 Å². The first-order chi connectivity index (χ1) is 13.5. The number of benzene rings is 1. The first-order valence-electron chi connectivity index (χ1n) is 9.39. The molecule has 1 atom stereocenters. The molecule has 0 bridgehead atoms. The molecular formula is C21H24ClN2O3S+. The molecule has 148 valence electrons. The molecule has 1 saturated heterocycles. The molecule has 0 spiro atoms. The summed E-state index contributed by atoms with van der Waals surface area (Å²) in [6.07, 6.45) is 0. The third kappa shape index (κ3) is 3.99. The summed E-state index contributed by atoms with van der Waals surface area (Å²) >= 11 is 7.40. The molecule has 0 unspecified atom stereocenters. The van der Waals surface area contributed by atoms with Crippen LogP contribution in [-0.2, 0) is 9.59 Å². The summed E-state index contributed by atoms with van der Waals surface area (Å²) in [7, 11) is 0. The minimum Gasteiger partial charge on any atom is -0.507 e. The summed E-state index contributed by atoms with van der Waals surface area (Å²) in [5.41, 5.74) is 0.614. The van der Waals surface area contributed by atoms with Crippen molar-refractivity contribution < 1.29 is 19.6 Å². The summed E-state index contributed by atoms with van der Waals surface area (Å²) in [6, 6.07) is 9.82. The third-order valence-electron chi connectivity index (χ3n) is 5.18. The summed E-state index contributed by atoms with van der Waals surface area (Å²) in [5, 5.41) is 13.3. The number of nitrogens with zero attached hydrogens (tertiary/aromatic N) is 1. The van der Waals surface area contributed by atoms with Gasteiger partial charge in [0.05, 0.1) is 37.8 Å². The van der Waals surface area contributed by atoms with Gasteiger partial charge in [-0.05, 0) is 49.6 Å². The SMILES string of the molecule is CC[NH+](CC)CCN1C(=O)C(=O)C(=C(O)c2ccc(Cl)cc2)[C@H]1c1cccs1. The zero-order chi connectivity index (χ0) is 20.3. The van der Waals surface area contributed by atoms with Gasteiger partial charge in [-0.15, -0.1) is 11.3 Å². The Morgan fingerprint density at radius 3 is 2.43 bits per heavy atom. The first kappa shape index (κ1) is 20.6. The number of quaternary nitrogens is 1. The van der Waals surface area contributed by atoms with Crippen LogP contribution in [0.4, 0.5) is 0 Å². The van der Waals surface area contributed by atoms with Gasteiger partial charge >= 0.3 is 0 Å². The number of aliphatic hydroxyl groups is 1. The van der Waals surface area contributed by atoms with Gasteiger partial charge < -0.3 is 14.9 Å². The number of amides is 1. The predicted octanol–water partition coefficient (Wildman–Crippen LogP) is 2.75. The zero-order valence-electron chi connectivity index (χ0n) is 15.9. The Labute approximate surface area is 173 Å². The summed E-state index contributed by atoms with van der Waals surface area (Å²) in [4.78, 5) is 29.5. The number of likely N-dealkylation sites (N-methyl/N-ethyl adjacent to an activating group) is 1. The molecule has 1 aromatic heterocycles. The van der Waals surface area contributed by atoms with Crippen molar-refractivity contribution in [3.05, 3.63) is 62.8 Å². The van der Waals surface area contributed by atoms with Crippen LogP contribution >= 0.6 is 22.9 Å². The molecule has 2 heterocycles. The number of carbonyl (C=O) groups excluding carboxylic acids is 2. The minimum absolute atomic E-state index is 0.143. The molecule has 1 aliphatic rings. The highest BCUT2D eigenvalue weighted by molar-refractivity contribution is 7.10. The van der Waals surface area contributed by atoms with Crippen molar-refractivity contribution in [1.29, 1.82) is 0 Å². The van der Waals surface area contributed by atoms with E-state index in [0.717, 1.165) is 24.5 Å². The molecule has 1 amide bonds. The van der Waals surface area contributed by atoms with Gasteiger partial charge in [0.25, 0.3) is 11.7 Å². The van der Waals surface area contributed by atoms with Crippen LogP contribution in [0.1, 0.15) is 30.3 Å². The van der Waals surface area contributed by atoms with Crippen molar-refractivity contribution in [2.24, 2.45) is 0 Å². The Morgan fingerprint density at radius 1 is 1.18 bits per heavy atom. The van der Waals surface area contributed by atoms with E-state index in [-0.39, 0.29) is 11.3 Å². The van der Waals surface area contributed by atoms with Crippen LogP contribution in [0.25, 0.3) is 5.76 Å². The van der Waals surface area contributed by atoms with Gasteiger partial charge in [0.1, 0.15) is 5.76 Å². The maximum atomic E-state index is 12.8. The Morgan fingerprint density at radius 2 is 1.86 bits per heavy atom. The fourth-order valence-corrected chi connectivity index (χ4v) is 4.47. The molecule has 28 heavy (non-hydrogen) atoms. The van der Waals surface area contributed by atoms with Crippen molar-refractivity contribution in [2.75, 3.05) is 26.2 Å². The van der Waals surface area contributed by atoms with E-state index < -0.39 is 17.7 Å². The van der Waals surface area contributed by atoms with E-state index in [4.69, 9.17) is 11.6 Å². The molecule has 5 nitrogen and oxygen atoms in total. The number of hydrogen-bond donors (Lipinski definition) is 2. The van der Waals surface area contributed by atoms with Crippen molar-refractivity contribution >= 4 is 40.4 Å². The van der Waals surface area contributed by atoms with E-state index in [1.807, 2.05) is 17.5 Å². The van der Waals surface area contributed by atoms with Crippen molar-refractivity contribution in [1.82, 2.24) is 4.90 Å². The number of ketones is 1. The number of aliphatic hydroxyl groups excluding tert-OH is 1. The first-order valence-corrected chi connectivity index (χ1v) is 10.6. The van der Waals surface area contributed by atoms with Gasteiger partial charge in [-0.2, -0.15) is 0 Å². The Bertz CT molecular complexity index is 874. The van der Waals surface area contributed by atoms with E-state index in [2.05, 4.69) is 13.8 Å². The number of Topliss-reactive ketones (excluding diaryl/α,β-unsaturated/α-hetero) is 1. The summed E-state index contributed by atoms with van der Waals surface area (Å²) in [6.45, 7) is 7.32. The average molecular weight is 420 g/mol. The fraction of sp³-hybridized carbons (Fsp3) is 0.333. The molecular weight excluding hydrogens is 396 g/mol. The van der Waals surface area contributed by atoms with E-state index >= 15 is 0 Å². The molecule has 2 aromatic rings. The highest BCUT2D eigenvalue weighted by Gasteiger charge is 2.46. The normalized spacial score (nSPS) is 19.0. The third-order valence-corrected chi connectivity index (χ3v) is 6.35. The number of carbonyl (C=O) groups is 2. The number of nitrogens with one attached hydrogen (secondary N) is 1. The van der Waals surface area contributed by atoms with E-state index in [9.17, 15) is 14.7 Å². The van der Waals surface area contributed by atoms with Gasteiger partial charge in [0, 0.05) is 15.5 Å². The molecule has 1 aromatic carbocycles. The average Bonchev–Trinajstić information content (AvgIpc) is 3.31. The second-order valence-electron chi connectivity index (χ2n) is 6.72. The predicted molar refractivity (Wildman–Crippen MR) is 112 cm³/mol. The lowest BCUT2D eigenvalue weighted by molar-refractivity contribution is -0.895. The maximum absolute atomic E-state index is 12.8. The molecule has 1 fully saturated rings. The number of halogens is 1. The standard InChI is InChI=1S/C21H23ClN2O3S/c1-3-23(4-2)11-12-24-18(16-6-5-13-28-16)17(20(26)21(24)27)19(25)14-7-9-15(22)10-8-14/h5-10,13,18,25H,3-4,11-12H2,1-2H3/p+1/t18-/m1/s1. The van der Waals surface area contributed by atoms with Crippen LogP contribution in [-0.4, -0.2) is 47.9 Å². The van der Waals surface area contributed by atoms with Crippen molar-refractivity contribution in [3.8, 4) is 0 Å². The van der Waals surface area contributed by atoms with Gasteiger partial charge in [0.2, 0.25) is 0 Å². The smallest absolute Gasteiger partial charge is 0.295 e. The van der Waals surface area contributed by atoms with E-state index in [0.29, 0.717) is 17.1 Å². The second kappa shape index (κ2) is 8.90. The lowest BCUT2D eigenvalue weighted by Crippen LogP contribution is -3.12. The molecule has 0 radical (unpaired) electrons. The van der Waals surface area contributed by atoms with Crippen LogP contribution in [0.2, 0.25) is 5.02 Å². The largest absolute Gasteiger partial charge is 0.507 e. The molecule has 2 N–H and O–H groups in total. The highest BCUT2D eigenvalue weighted by atomic mass is 35.5. The van der Waals surface area contributed by atoms with E-state index in [1.54, 1.807) is 29.2 Å². The Balaban J connectivity index is 2.03. The fourth-order valence-electron chi connectivity index (χ4n) is 3.50. The van der Waals surface area contributed by atoms with Gasteiger partial charge in [0.15, 0.2) is 0 Å². The van der Waals surface area contributed by atoms with Crippen LogP contribution in [0.15, 0.2) is 47.4 Å². The Hall–Kier alpha value is -2.15. The quantitative estimate of drug-likeness (QED) is 0.412. The number of thiophene rings is 1. The minimum atomic E-state index is -0.639. The molecule has 3 rings (SSSR count). The zero-order valence-corrected chi connectivity index (χ0v) is 17.5. The maximum Gasteiger partial charge on any atom is 0.295 e. The van der Waals surface area contributed by atoms with Crippen LogP contribution in [0, 0.1) is 0 Å². The number of likely N-dealkylation sites (tertiary alicyclic amines) is 1. The molecule has 1 aliphatic heterocycles. The number of rotatable bonds is 7.